The van der Waals surface area contributed by atoms with Crippen LogP contribution in [0.15, 0.2) is 46.9 Å². The van der Waals surface area contributed by atoms with E-state index in [1.807, 2.05) is 49.4 Å². The van der Waals surface area contributed by atoms with Crippen LogP contribution in [-0.2, 0) is 4.79 Å². The number of fused-ring (bicyclic) bond motifs is 1. The Hall–Kier alpha value is -1.96. The maximum atomic E-state index is 13.1. The SMILES string of the molecule is CCN(CC)CCN(C(=O)COc1cccc(C)c1)c1nc2ccc(Br)cc2s1. The highest BCUT2D eigenvalue weighted by molar-refractivity contribution is 9.10. The molecule has 0 N–H and O–H groups in total. The summed E-state index contributed by atoms with van der Waals surface area (Å²) in [6.45, 7) is 9.53. The van der Waals surface area contributed by atoms with Gasteiger partial charge in [0.25, 0.3) is 5.91 Å². The van der Waals surface area contributed by atoms with E-state index < -0.39 is 0 Å². The van der Waals surface area contributed by atoms with Crippen LogP contribution in [0.2, 0.25) is 0 Å². The second-order valence-corrected chi connectivity index (χ2v) is 8.71. The summed E-state index contributed by atoms with van der Waals surface area (Å²) in [4.78, 5) is 21.8. The van der Waals surface area contributed by atoms with Gasteiger partial charge >= 0.3 is 0 Å². The molecule has 0 radical (unpaired) electrons. The first kappa shape index (κ1) is 21.7. The molecule has 0 aliphatic carbocycles. The van der Waals surface area contributed by atoms with E-state index in [9.17, 15) is 4.79 Å². The first-order valence-electron chi connectivity index (χ1n) is 9.78. The molecule has 7 heteroatoms. The van der Waals surface area contributed by atoms with Crippen LogP contribution in [0, 0.1) is 6.92 Å². The van der Waals surface area contributed by atoms with E-state index in [1.54, 1.807) is 4.90 Å². The standard InChI is InChI=1S/C22H26BrN3O2S/c1-4-25(5-2)11-12-26(21(27)15-28-18-8-6-7-16(3)13-18)22-24-19-10-9-17(23)14-20(19)29-22/h6-10,13-14H,4-5,11-12,15H2,1-3H3. The Kier molecular flexibility index (Phi) is 7.64. The van der Waals surface area contributed by atoms with Crippen LogP contribution in [-0.4, -0.2) is 48.6 Å². The van der Waals surface area contributed by atoms with Crippen molar-refractivity contribution in [1.29, 1.82) is 0 Å². The molecule has 0 unspecified atom stereocenters. The van der Waals surface area contributed by atoms with E-state index >= 15 is 0 Å². The molecule has 0 atom stereocenters. The van der Waals surface area contributed by atoms with Crippen LogP contribution in [0.25, 0.3) is 10.2 Å². The number of ether oxygens (including phenoxy) is 1. The molecule has 3 rings (SSSR count). The fraction of sp³-hybridized carbons (Fsp3) is 0.364. The Bertz CT molecular complexity index is 972. The molecule has 1 aromatic heterocycles. The number of rotatable bonds is 9. The van der Waals surface area contributed by atoms with Crippen molar-refractivity contribution in [1.82, 2.24) is 9.88 Å². The number of aromatic nitrogens is 1. The monoisotopic (exact) mass is 475 g/mol. The number of hydrogen-bond acceptors (Lipinski definition) is 5. The molecule has 0 aliphatic heterocycles. The minimum atomic E-state index is -0.0863. The van der Waals surface area contributed by atoms with Crippen molar-refractivity contribution < 1.29 is 9.53 Å². The Morgan fingerprint density at radius 2 is 1.93 bits per heavy atom. The van der Waals surface area contributed by atoms with E-state index in [0.29, 0.717) is 17.4 Å². The third kappa shape index (κ3) is 5.78. The van der Waals surface area contributed by atoms with Crippen molar-refractivity contribution in [2.45, 2.75) is 20.8 Å². The Morgan fingerprint density at radius 3 is 2.66 bits per heavy atom. The lowest BCUT2D eigenvalue weighted by molar-refractivity contribution is -0.120. The summed E-state index contributed by atoms with van der Waals surface area (Å²) in [6, 6.07) is 13.7. The van der Waals surface area contributed by atoms with E-state index in [4.69, 9.17) is 9.72 Å². The lowest BCUT2D eigenvalue weighted by Crippen LogP contribution is -2.41. The topological polar surface area (TPSA) is 45.7 Å². The summed E-state index contributed by atoms with van der Waals surface area (Å²) in [7, 11) is 0. The molecule has 154 valence electrons. The van der Waals surface area contributed by atoms with Crippen molar-refractivity contribution in [3.8, 4) is 5.75 Å². The number of carbonyl (C=O) groups excluding carboxylic acids is 1. The molecule has 0 spiro atoms. The van der Waals surface area contributed by atoms with E-state index in [0.717, 1.165) is 39.9 Å². The fourth-order valence-corrected chi connectivity index (χ4v) is 4.60. The van der Waals surface area contributed by atoms with Crippen LogP contribution in [0.4, 0.5) is 5.13 Å². The molecule has 0 bridgehead atoms. The lowest BCUT2D eigenvalue weighted by atomic mass is 10.2. The maximum absolute atomic E-state index is 13.1. The minimum absolute atomic E-state index is 0.0126. The zero-order chi connectivity index (χ0) is 20.8. The lowest BCUT2D eigenvalue weighted by Gasteiger charge is -2.24. The van der Waals surface area contributed by atoms with Crippen molar-refractivity contribution in [2.75, 3.05) is 37.7 Å². The quantitative estimate of drug-likeness (QED) is 0.430. The summed E-state index contributed by atoms with van der Waals surface area (Å²) in [6.07, 6.45) is 0. The second kappa shape index (κ2) is 10.2. The van der Waals surface area contributed by atoms with Gasteiger partial charge in [-0.2, -0.15) is 0 Å². The number of amides is 1. The molecular weight excluding hydrogens is 450 g/mol. The fourth-order valence-electron chi connectivity index (χ4n) is 3.04. The number of nitrogens with zero attached hydrogens (tertiary/aromatic N) is 3. The van der Waals surface area contributed by atoms with Crippen molar-refractivity contribution in [3.63, 3.8) is 0 Å². The van der Waals surface area contributed by atoms with Crippen LogP contribution in [0.1, 0.15) is 19.4 Å². The number of anilines is 1. The first-order chi connectivity index (χ1) is 14.0. The van der Waals surface area contributed by atoms with Crippen LogP contribution in [0.5, 0.6) is 5.75 Å². The van der Waals surface area contributed by atoms with Gasteiger partial charge in [-0.1, -0.05) is 53.2 Å². The van der Waals surface area contributed by atoms with Gasteiger partial charge in [-0.25, -0.2) is 4.98 Å². The van der Waals surface area contributed by atoms with Crippen molar-refractivity contribution in [2.24, 2.45) is 0 Å². The minimum Gasteiger partial charge on any atom is -0.484 e. The Balaban J connectivity index is 1.79. The highest BCUT2D eigenvalue weighted by Gasteiger charge is 2.21. The molecule has 2 aromatic carbocycles. The van der Waals surface area contributed by atoms with Gasteiger partial charge in [0, 0.05) is 17.6 Å². The predicted octanol–water partition coefficient (Wildman–Crippen LogP) is 5.12. The van der Waals surface area contributed by atoms with E-state index in [-0.39, 0.29) is 12.5 Å². The summed E-state index contributed by atoms with van der Waals surface area (Å²) in [5.74, 6) is 0.618. The molecule has 1 amide bonds. The largest absolute Gasteiger partial charge is 0.484 e. The zero-order valence-corrected chi connectivity index (χ0v) is 19.4. The average molecular weight is 476 g/mol. The molecular formula is C22H26BrN3O2S. The molecule has 0 fully saturated rings. The molecule has 0 aliphatic rings. The van der Waals surface area contributed by atoms with Crippen molar-refractivity contribution >= 4 is 48.5 Å². The van der Waals surface area contributed by atoms with Gasteiger partial charge in [-0.15, -0.1) is 0 Å². The second-order valence-electron chi connectivity index (χ2n) is 6.79. The molecule has 5 nitrogen and oxygen atoms in total. The number of hydrogen-bond donors (Lipinski definition) is 0. The number of benzene rings is 2. The molecule has 29 heavy (non-hydrogen) atoms. The zero-order valence-electron chi connectivity index (χ0n) is 17.0. The number of aryl methyl sites for hydroxylation is 1. The summed E-state index contributed by atoms with van der Waals surface area (Å²) in [5, 5.41) is 0.711. The Labute approximate surface area is 184 Å². The van der Waals surface area contributed by atoms with Crippen molar-refractivity contribution in [3.05, 3.63) is 52.5 Å². The summed E-state index contributed by atoms with van der Waals surface area (Å²) >= 11 is 5.03. The van der Waals surface area contributed by atoms with Gasteiger partial charge in [0.1, 0.15) is 5.75 Å². The van der Waals surface area contributed by atoms with E-state index in [1.165, 1.54) is 11.3 Å². The van der Waals surface area contributed by atoms with Crippen LogP contribution < -0.4 is 9.64 Å². The summed E-state index contributed by atoms with van der Waals surface area (Å²) < 4.78 is 7.82. The maximum Gasteiger partial charge on any atom is 0.266 e. The first-order valence-corrected chi connectivity index (χ1v) is 11.4. The average Bonchev–Trinajstić information content (AvgIpc) is 3.12. The van der Waals surface area contributed by atoms with Gasteiger partial charge in [-0.3, -0.25) is 9.69 Å². The number of carbonyl (C=O) groups is 1. The Morgan fingerprint density at radius 1 is 1.14 bits per heavy atom. The normalized spacial score (nSPS) is 11.2. The molecule has 3 aromatic rings. The molecule has 0 saturated carbocycles. The van der Waals surface area contributed by atoms with Gasteiger partial charge in [-0.05, 0) is 55.9 Å². The number of thiazole rings is 1. The third-order valence-electron chi connectivity index (χ3n) is 4.76. The summed E-state index contributed by atoms with van der Waals surface area (Å²) in [5.41, 5.74) is 2.00. The van der Waals surface area contributed by atoms with Gasteiger partial charge in [0.2, 0.25) is 0 Å². The highest BCUT2D eigenvalue weighted by atomic mass is 79.9. The highest BCUT2D eigenvalue weighted by Crippen LogP contribution is 2.31. The predicted molar refractivity (Wildman–Crippen MR) is 124 cm³/mol. The number of likely N-dealkylation sites (N-methyl/N-ethyl adjacent to an activating group) is 1. The molecule has 1 heterocycles. The van der Waals surface area contributed by atoms with Gasteiger partial charge in [0.15, 0.2) is 11.7 Å². The van der Waals surface area contributed by atoms with Crippen LogP contribution in [0.3, 0.4) is 0 Å². The number of halogens is 1. The third-order valence-corrected chi connectivity index (χ3v) is 6.29. The molecule has 0 saturated heterocycles. The van der Waals surface area contributed by atoms with Gasteiger partial charge in [0.05, 0.1) is 10.2 Å². The van der Waals surface area contributed by atoms with E-state index in [2.05, 4.69) is 34.7 Å². The smallest absolute Gasteiger partial charge is 0.266 e. The van der Waals surface area contributed by atoms with Crippen LogP contribution >= 0.6 is 27.3 Å². The van der Waals surface area contributed by atoms with Gasteiger partial charge < -0.3 is 9.64 Å².